The number of aromatic amines is 1. The molecule has 0 saturated carbocycles. The van der Waals surface area contributed by atoms with Crippen molar-refractivity contribution in [2.75, 3.05) is 13.7 Å². The number of ether oxygens (including phenoxy) is 1. The number of hydrogen-bond donors (Lipinski definition) is 2. The van der Waals surface area contributed by atoms with Crippen molar-refractivity contribution >= 4 is 31.9 Å². The molecule has 1 atom stereocenters. The molecule has 9 heteroatoms. The van der Waals surface area contributed by atoms with E-state index in [-0.39, 0.29) is 11.6 Å². The largest absolute Gasteiger partial charge is 0.468 e. The molecule has 0 fully saturated rings. The number of nitrogens with zero attached hydrogens (tertiary/aromatic N) is 1. The van der Waals surface area contributed by atoms with Crippen LogP contribution in [0.5, 0.6) is 0 Å². The molecule has 0 aliphatic carbocycles. The van der Waals surface area contributed by atoms with E-state index in [1.807, 2.05) is 6.92 Å². The van der Waals surface area contributed by atoms with Crippen molar-refractivity contribution in [2.24, 2.45) is 0 Å². The summed E-state index contributed by atoms with van der Waals surface area (Å²) in [5, 5.41) is -0.0242. The van der Waals surface area contributed by atoms with Gasteiger partial charge in [-0.1, -0.05) is 22.9 Å². The first-order valence-corrected chi connectivity index (χ1v) is 7.56. The van der Waals surface area contributed by atoms with Crippen LogP contribution in [-0.4, -0.2) is 42.8 Å². The predicted octanol–water partition coefficient (Wildman–Crippen LogP) is 0.187. The van der Waals surface area contributed by atoms with Crippen LogP contribution in [0.3, 0.4) is 0 Å². The lowest BCUT2D eigenvalue weighted by Gasteiger charge is -2.08. The Morgan fingerprint density at radius 2 is 2.33 bits per heavy atom. The molecule has 0 saturated heterocycles. The number of esters is 1. The van der Waals surface area contributed by atoms with Crippen LogP contribution >= 0.6 is 15.9 Å². The van der Waals surface area contributed by atoms with E-state index in [4.69, 9.17) is 0 Å². The van der Waals surface area contributed by atoms with Crippen molar-refractivity contribution in [3.63, 3.8) is 0 Å². The molecule has 0 radical (unpaired) electrons. The zero-order valence-electron chi connectivity index (χ0n) is 9.94. The minimum absolute atomic E-state index is 0.0242. The SMILES string of the molecule is CCc1ncc(S(=O)(=O)NCC(Br)C(=O)OC)[nH]1. The summed E-state index contributed by atoms with van der Waals surface area (Å²) in [5.74, 6) is 0.0373. The summed E-state index contributed by atoms with van der Waals surface area (Å²) in [4.78, 5) is 16.9. The van der Waals surface area contributed by atoms with Crippen molar-refractivity contribution in [3.8, 4) is 0 Å². The average Bonchev–Trinajstić information content (AvgIpc) is 2.84. The number of methoxy groups -OCH3 is 1. The summed E-state index contributed by atoms with van der Waals surface area (Å²) in [5.41, 5.74) is 0. The molecule has 102 valence electrons. The van der Waals surface area contributed by atoms with E-state index >= 15 is 0 Å². The number of carbonyl (C=O) groups is 1. The van der Waals surface area contributed by atoms with Gasteiger partial charge in [0.05, 0.1) is 13.3 Å². The zero-order valence-corrected chi connectivity index (χ0v) is 12.3. The second-order valence-electron chi connectivity index (χ2n) is 3.39. The van der Waals surface area contributed by atoms with Gasteiger partial charge in [-0.15, -0.1) is 0 Å². The van der Waals surface area contributed by atoms with E-state index in [0.29, 0.717) is 12.2 Å². The van der Waals surface area contributed by atoms with Crippen molar-refractivity contribution in [1.29, 1.82) is 0 Å². The molecule has 7 nitrogen and oxygen atoms in total. The number of halogens is 1. The number of imidazole rings is 1. The van der Waals surface area contributed by atoms with Gasteiger partial charge < -0.3 is 9.72 Å². The van der Waals surface area contributed by atoms with Gasteiger partial charge in [0.2, 0.25) is 0 Å². The average molecular weight is 340 g/mol. The number of carbonyl (C=O) groups excluding carboxylic acids is 1. The second kappa shape index (κ2) is 6.30. The maximum absolute atomic E-state index is 11.8. The minimum Gasteiger partial charge on any atom is -0.468 e. The van der Waals surface area contributed by atoms with E-state index in [0.717, 1.165) is 0 Å². The van der Waals surface area contributed by atoms with Gasteiger partial charge in [-0.05, 0) is 0 Å². The Morgan fingerprint density at radius 1 is 1.67 bits per heavy atom. The predicted molar refractivity (Wildman–Crippen MR) is 67.9 cm³/mol. The molecule has 0 spiro atoms. The van der Waals surface area contributed by atoms with E-state index in [1.54, 1.807) is 0 Å². The lowest BCUT2D eigenvalue weighted by Crippen LogP contribution is -2.34. The van der Waals surface area contributed by atoms with Crippen molar-refractivity contribution < 1.29 is 17.9 Å². The lowest BCUT2D eigenvalue weighted by atomic mass is 10.4. The molecule has 1 aromatic rings. The number of aryl methyl sites for hydroxylation is 1. The third kappa shape index (κ3) is 3.79. The van der Waals surface area contributed by atoms with Crippen LogP contribution < -0.4 is 4.72 Å². The molecule has 0 aliphatic heterocycles. The molecule has 1 heterocycles. The molecule has 0 aromatic carbocycles. The lowest BCUT2D eigenvalue weighted by molar-refractivity contribution is -0.139. The monoisotopic (exact) mass is 339 g/mol. The van der Waals surface area contributed by atoms with E-state index < -0.39 is 20.8 Å². The molecule has 1 aromatic heterocycles. The van der Waals surface area contributed by atoms with Crippen molar-refractivity contribution in [2.45, 2.75) is 23.2 Å². The topological polar surface area (TPSA) is 101 Å². The number of nitrogens with one attached hydrogen (secondary N) is 2. The molecular formula is C9H14BrN3O4S. The Hall–Kier alpha value is -0.930. The summed E-state index contributed by atoms with van der Waals surface area (Å²) in [7, 11) is -2.46. The molecule has 18 heavy (non-hydrogen) atoms. The van der Waals surface area contributed by atoms with Crippen LogP contribution in [-0.2, 0) is 26.0 Å². The molecule has 0 bridgehead atoms. The number of hydrogen-bond acceptors (Lipinski definition) is 5. The number of aromatic nitrogens is 2. The molecule has 0 amide bonds. The normalized spacial score (nSPS) is 13.3. The molecule has 0 aliphatic rings. The van der Waals surface area contributed by atoms with Crippen molar-refractivity contribution in [1.82, 2.24) is 14.7 Å². The van der Waals surface area contributed by atoms with Crippen LogP contribution in [0.4, 0.5) is 0 Å². The first kappa shape index (κ1) is 15.1. The highest BCUT2D eigenvalue weighted by molar-refractivity contribution is 9.10. The van der Waals surface area contributed by atoms with Gasteiger partial charge in [0.1, 0.15) is 10.7 Å². The summed E-state index contributed by atoms with van der Waals surface area (Å²) < 4.78 is 30.4. The Morgan fingerprint density at radius 3 is 2.83 bits per heavy atom. The van der Waals surface area contributed by atoms with E-state index in [1.165, 1.54) is 13.3 Å². The van der Waals surface area contributed by atoms with Gasteiger partial charge in [0, 0.05) is 13.0 Å². The van der Waals surface area contributed by atoms with Crippen LogP contribution in [0.25, 0.3) is 0 Å². The van der Waals surface area contributed by atoms with Crippen LogP contribution in [0.1, 0.15) is 12.7 Å². The molecular weight excluding hydrogens is 326 g/mol. The number of rotatable bonds is 6. The first-order valence-electron chi connectivity index (χ1n) is 5.16. The zero-order chi connectivity index (χ0) is 13.8. The molecule has 1 unspecified atom stereocenters. The summed E-state index contributed by atoms with van der Waals surface area (Å²) in [6.45, 7) is 1.75. The maximum Gasteiger partial charge on any atom is 0.320 e. The van der Waals surface area contributed by atoms with Gasteiger partial charge in [-0.25, -0.2) is 18.1 Å². The smallest absolute Gasteiger partial charge is 0.320 e. The van der Waals surface area contributed by atoms with E-state index in [9.17, 15) is 13.2 Å². The third-order valence-electron chi connectivity index (χ3n) is 2.14. The fourth-order valence-electron chi connectivity index (χ4n) is 1.13. The molecule has 2 N–H and O–H groups in total. The summed E-state index contributed by atoms with van der Waals surface area (Å²) >= 11 is 3.02. The Balaban J connectivity index is 2.68. The first-order chi connectivity index (χ1) is 8.40. The Labute approximate surface area is 114 Å². The highest BCUT2D eigenvalue weighted by Crippen LogP contribution is 2.07. The highest BCUT2D eigenvalue weighted by atomic mass is 79.9. The fraction of sp³-hybridized carbons (Fsp3) is 0.556. The molecule has 1 rings (SSSR count). The standard InChI is InChI=1S/C9H14BrN3O4S/c1-3-7-11-5-8(13-7)18(15,16)12-4-6(10)9(14)17-2/h5-6,12H,3-4H2,1-2H3,(H,11,13). The highest BCUT2D eigenvalue weighted by Gasteiger charge is 2.21. The van der Waals surface area contributed by atoms with Gasteiger partial charge in [0.25, 0.3) is 10.0 Å². The number of alkyl halides is 1. The van der Waals surface area contributed by atoms with Gasteiger partial charge in [0.15, 0.2) is 5.03 Å². The number of H-pyrrole nitrogens is 1. The van der Waals surface area contributed by atoms with Crippen molar-refractivity contribution in [3.05, 3.63) is 12.0 Å². The van der Waals surface area contributed by atoms with Gasteiger partial charge >= 0.3 is 5.97 Å². The van der Waals surface area contributed by atoms with Gasteiger partial charge in [-0.2, -0.15) is 0 Å². The summed E-state index contributed by atoms with van der Waals surface area (Å²) in [6, 6.07) is 0. The summed E-state index contributed by atoms with van der Waals surface area (Å²) in [6.07, 6.45) is 1.85. The van der Waals surface area contributed by atoms with Crippen LogP contribution in [0.2, 0.25) is 0 Å². The minimum atomic E-state index is -3.69. The quantitative estimate of drug-likeness (QED) is 0.569. The Kier molecular flexibility index (Phi) is 5.29. The third-order valence-corrected chi connectivity index (χ3v) is 4.17. The van der Waals surface area contributed by atoms with Crippen LogP contribution in [0.15, 0.2) is 11.2 Å². The van der Waals surface area contributed by atoms with E-state index in [2.05, 4.69) is 35.4 Å². The second-order valence-corrected chi connectivity index (χ2v) is 6.23. The van der Waals surface area contributed by atoms with Gasteiger partial charge in [-0.3, -0.25) is 4.79 Å². The van der Waals surface area contributed by atoms with Crippen LogP contribution in [0, 0.1) is 0 Å². The number of sulfonamides is 1. The fourth-order valence-corrected chi connectivity index (χ4v) is 2.68. The maximum atomic E-state index is 11.8. The Bertz CT molecular complexity index is 514.